The van der Waals surface area contributed by atoms with E-state index in [9.17, 15) is 18.0 Å². The standard InChI is InChI=1S/C32H39N3O5S/c1-4-28(32(37)33-26-15-11-12-16-26)34(22-25-13-7-5-8-14-25)31(36)23-35(29-21-24(2)19-20-30(29)40-3)41(38,39)27-17-9-6-10-18-27/h5-10,13-14,17-21,26,28H,4,11-12,15-16,22-23H2,1-3H3,(H,33,37)/t28-/m1/s1. The number of benzene rings is 3. The van der Waals surface area contributed by atoms with Crippen molar-refractivity contribution in [1.29, 1.82) is 0 Å². The Morgan fingerprint density at radius 1 is 0.976 bits per heavy atom. The summed E-state index contributed by atoms with van der Waals surface area (Å²) in [7, 11) is -2.71. The van der Waals surface area contributed by atoms with Gasteiger partial charge in [0.2, 0.25) is 11.8 Å². The van der Waals surface area contributed by atoms with Gasteiger partial charge in [0, 0.05) is 12.6 Å². The Hall–Kier alpha value is -3.85. The largest absolute Gasteiger partial charge is 0.495 e. The van der Waals surface area contributed by atoms with Crippen molar-refractivity contribution in [3.8, 4) is 5.75 Å². The van der Waals surface area contributed by atoms with Crippen LogP contribution in [0.5, 0.6) is 5.75 Å². The lowest BCUT2D eigenvalue weighted by Crippen LogP contribution is -2.53. The first-order valence-electron chi connectivity index (χ1n) is 14.1. The van der Waals surface area contributed by atoms with Gasteiger partial charge in [-0.1, -0.05) is 74.4 Å². The molecule has 3 aromatic carbocycles. The SMILES string of the molecule is CC[C@H](C(=O)NC1CCCC1)N(Cc1ccccc1)C(=O)CN(c1cc(C)ccc1OC)S(=O)(=O)c1ccccc1. The molecule has 1 N–H and O–H groups in total. The third-order valence-corrected chi connectivity index (χ3v) is 9.27. The van der Waals surface area contributed by atoms with Crippen LogP contribution >= 0.6 is 0 Å². The number of aryl methyl sites for hydroxylation is 1. The highest BCUT2D eigenvalue weighted by atomic mass is 32.2. The molecule has 2 amide bonds. The number of hydrogen-bond donors (Lipinski definition) is 1. The fourth-order valence-electron chi connectivity index (χ4n) is 5.30. The van der Waals surface area contributed by atoms with Gasteiger partial charge in [0.1, 0.15) is 18.3 Å². The van der Waals surface area contributed by atoms with Gasteiger partial charge < -0.3 is 15.0 Å². The molecule has 1 saturated carbocycles. The second-order valence-corrected chi connectivity index (χ2v) is 12.3. The van der Waals surface area contributed by atoms with E-state index in [4.69, 9.17) is 4.74 Å². The van der Waals surface area contributed by atoms with E-state index in [2.05, 4.69) is 5.32 Å². The summed E-state index contributed by atoms with van der Waals surface area (Å²) in [4.78, 5) is 29.3. The first kappa shape index (κ1) is 30.1. The van der Waals surface area contributed by atoms with Crippen molar-refractivity contribution in [1.82, 2.24) is 10.2 Å². The first-order valence-corrected chi connectivity index (χ1v) is 15.5. The second-order valence-electron chi connectivity index (χ2n) is 10.4. The van der Waals surface area contributed by atoms with Gasteiger partial charge in [-0.05, 0) is 61.6 Å². The molecule has 0 aliphatic heterocycles. The van der Waals surface area contributed by atoms with Crippen LogP contribution in [0, 0.1) is 6.92 Å². The molecule has 3 aromatic rings. The van der Waals surface area contributed by atoms with E-state index < -0.39 is 28.5 Å². The number of carbonyl (C=O) groups excluding carboxylic acids is 2. The maximum absolute atomic E-state index is 14.2. The van der Waals surface area contributed by atoms with E-state index in [0.29, 0.717) is 12.2 Å². The zero-order valence-electron chi connectivity index (χ0n) is 24.0. The van der Waals surface area contributed by atoms with Crippen LogP contribution < -0.4 is 14.4 Å². The maximum Gasteiger partial charge on any atom is 0.264 e. The van der Waals surface area contributed by atoms with Gasteiger partial charge in [0.25, 0.3) is 10.0 Å². The summed E-state index contributed by atoms with van der Waals surface area (Å²) < 4.78 is 34.7. The molecule has 1 aliphatic carbocycles. The zero-order chi connectivity index (χ0) is 29.4. The predicted molar refractivity (Wildman–Crippen MR) is 160 cm³/mol. The van der Waals surface area contributed by atoms with Crippen molar-refractivity contribution in [2.24, 2.45) is 0 Å². The van der Waals surface area contributed by atoms with Crippen LogP contribution in [0.2, 0.25) is 0 Å². The number of rotatable bonds is 12. The second kappa shape index (κ2) is 13.7. The van der Waals surface area contributed by atoms with Gasteiger partial charge >= 0.3 is 0 Å². The molecular formula is C32H39N3O5S. The molecule has 0 radical (unpaired) electrons. The van der Waals surface area contributed by atoms with Crippen molar-refractivity contribution >= 4 is 27.5 Å². The molecule has 1 aliphatic rings. The monoisotopic (exact) mass is 577 g/mol. The first-order chi connectivity index (χ1) is 19.7. The molecule has 1 fully saturated rings. The number of amides is 2. The molecule has 0 unspecified atom stereocenters. The van der Waals surface area contributed by atoms with E-state index in [1.54, 1.807) is 30.3 Å². The number of nitrogens with zero attached hydrogens (tertiary/aromatic N) is 2. The predicted octanol–water partition coefficient (Wildman–Crippen LogP) is 5.07. The van der Waals surface area contributed by atoms with Gasteiger partial charge in [-0.2, -0.15) is 0 Å². The average Bonchev–Trinajstić information content (AvgIpc) is 3.49. The van der Waals surface area contributed by atoms with E-state index in [0.717, 1.165) is 41.1 Å². The number of carbonyl (C=O) groups is 2. The molecule has 0 bridgehead atoms. The molecule has 1 atom stereocenters. The lowest BCUT2D eigenvalue weighted by molar-refractivity contribution is -0.140. The Kier molecular flexibility index (Phi) is 10.0. The number of anilines is 1. The number of nitrogens with one attached hydrogen (secondary N) is 1. The van der Waals surface area contributed by atoms with Crippen molar-refractivity contribution in [3.63, 3.8) is 0 Å². The Balaban J connectivity index is 1.74. The fraction of sp³-hybridized carbons (Fsp3) is 0.375. The minimum absolute atomic E-state index is 0.0528. The summed E-state index contributed by atoms with van der Waals surface area (Å²) in [6.07, 6.45) is 4.37. The molecule has 0 spiro atoms. The van der Waals surface area contributed by atoms with Crippen molar-refractivity contribution in [3.05, 3.63) is 90.0 Å². The molecule has 4 rings (SSSR count). The fourth-order valence-corrected chi connectivity index (χ4v) is 6.73. The summed E-state index contributed by atoms with van der Waals surface area (Å²) in [5, 5.41) is 3.13. The zero-order valence-corrected chi connectivity index (χ0v) is 24.8. The molecule has 8 nitrogen and oxygen atoms in total. The Morgan fingerprint density at radius 3 is 2.22 bits per heavy atom. The summed E-state index contributed by atoms with van der Waals surface area (Å²) in [6.45, 7) is 3.38. The van der Waals surface area contributed by atoms with Crippen molar-refractivity contribution < 1.29 is 22.7 Å². The van der Waals surface area contributed by atoms with Crippen LogP contribution in [0.4, 0.5) is 5.69 Å². The smallest absolute Gasteiger partial charge is 0.264 e. The maximum atomic E-state index is 14.2. The highest BCUT2D eigenvalue weighted by Gasteiger charge is 2.35. The topological polar surface area (TPSA) is 96.0 Å². The van der Waals surface area contributed by atoms with E-state index in [1.165, 1.54) is 24.1 Å². The van der Waals surface area contributed by atoms with Gasteiger partial charge in [0.15, 0.2) is 0 Å². The quantitative estimate of drug-likeness (QED) is 0.325. The molecular weight excluding hydrogens is 538 g/mol. The highest BCUT2D eigenvalue weighted by Crippen LogP contribution is 2.34. The third-order valence-electron chi connectivity index (χ3n) is 7.50. The summed E-state index contributed by atoms with van der Waals surface area (Å²) in [6, 6.07) is 22.0. The van der Waals surface area contributed by atoms with Crippen LogP contribution in [0.25, 0.3) is 0 Å². The van der Waals surface area contributed by atoms with Gasteiger partial charge in [-0.15, -0.1) is 0 Å². The molecule has 0 saturated heterocycles. The molecule has 9 heteroatoms. The number of sulfonamides is 1. The number of hydrogen-bond acceptors (Lipinski definition) is 5. The average molecular weight is 578 g/mol. The third kappa shape index (κ3) is 7.27. The minimum atomic E-state index is -4.17. The Labute approximate surface area is 243 Å². The van der Waals surface area contributed by atoms with E-state index in [-0.39, 0.29) is 29.1 Å². The lowest BCUT2D eigenvalue weighted by atomic mass is 10.1. The number of ether oxygens (including phenoxy) is 1. The van der Waals surface area contributed by atoms with Gasteiger partial charge in [-0.25, -0.2) is 8.42 Å². The van der Waals surface area contributed by atoms with Gasteiger partial charge in [0.05, 0.1) is 17.7 Å². The van der Waals surface area contributed by atoms with Crippen LogP contribution in [-0.4, -0.2) is 50.9 Å². The summed E-state index contributed by atoms with van der Waals surface area (Å²) in [5.41, 5.74) is 1.91. The van der Waals surface area contributed by atoms with E-state index in [1.807, 2.05) is 50.2 Å². The summed E-state index contributed by atoms with van der Waals surface area (Å²) in [5.74, 6) is -0.372. The van der Waals surface area contributed by atoms with Crippen LogP contribution in [0.15, 0.2) is 83.8 Å². The van der Waals surface area contributed by atoms with Crippen molar-refractivity contribution in [2.45, 2.75) is 69.5 Å². The van der Waals surface area contributed by atoms with Gasteiger partial charge in [-0.3, -0.25) is 13.9 Å². The van der Waals surface area contributed by atoms with E-state index >= 15 is 0 Å². The number of methoxy groups -OCH3 is 1. The van der Waals surface area contributed by atoms with Crippen molar-refractivity contribution in [2.75, 3.05) is 18.0 Å². The van der Waals surface area contributed by atoms with Crippen LogP contribution in [-0.2, 0) is 26.2 Å². The molecule has 0 heterocycles. The molecule has 0 aromatic heterocycles. The van der Waals surface area contributed by atoms with Crippen LogP contribution in [0.1, 0.15) is 50.2 Å². The Morgan fingerprint density at radius 2 is 1.61 bits per heavy atom. The molecule has 218 valence electrons. The Bertz CT molecular complexity index is 1420. The normalized spacial score (nSPS) is 14.3. The summed E-state index contributed by atoms with van der Waals surface area (Å²) >= 11 is 0. The van der Waals surface area contributed by atoms with Crippen LogP contribution in [0.3, 0.4) is 0 Å². The lowest BCUT2D eigenvalue weighted by Gasteiger charge is -2.34. The highest BCUT2D eigenvalue weighted by molar-refractivity contribution is 7.92. The minimum Gasteiger partial charge on any atom is -0.495 e. The molecule has 41 heavy (non-hydrogen) atoms.